The van der Waals surface area contributed by atoms with Crippen molar-refractivity contribution in [2.24, 2.45) is 11.7 Å². The van der Waals surface area contributed by atoms with Crippen molar-refractivity contribution in [3.8, 4) is 0 Å². The lowest BCUT2D eigenvalue weighted by molar-refractivity contribution is -0.144. The van der Waals surface area contributed by atoms with Gasteiger partial charge in [0.15, 0.2) is 0 Å². The molecule has 2 atom stereocenters. The summed E-state index contributed by atoms with van der Waals surface area (Å²) < 4.78 is 5.09. The fourth-order valence-electron chi connectivity index (χ4n) is 2.99. The molecule has 0 unspecified atom stereocenters. The average Bonchev–Trinajstić information content (AvgIpc) is 2.75. The monoisotopic (exact) mass is 449 g/mol. The Bertz CT molecular complexity index is 766. The highest BCUT2D eigenvalue weighted by atomic mass is 16.5. The van der Waals surface area contributed by atoms with Crippen LogP contribution in [0.2, 0.25) is 0 Å². The minimum absolute atomic E-state index is 0.0367. The van der Waals surface area contributed by atoms with Crippen molar-refractivity contribution < 1.29 is 23.9 Å². The molecule has 4 amide bonds. The summed E-state index contributed by atoms with van der Waals surface area (Å²) in [5.74, 6) is -0.901. The van der Waals surface area contributed by atoms with Crippen molar-refractivity contribution >= 4 is 29.5 Å². The minimum Gasteiger partial charge on any atom is -0.461 e. The number of amides is 4. The molecule has 0 saturated heterocycles. The minimum atomic E-state index is -0.794. The Hall–Kier alpha value is -3.14. The first-order valence-electron chi connectivity index (χ1n) is 10.7. The van der Waals surface area contributed by atoms with Gasteiger partial charge in [-0.25, -0.2) is 4.79 Å². The van der Waals surface area contributed by atoms with E-state index < -0.39 is 18.1 Å². The summed E-state index contributed by atoms with van der Waals surface area (Å²) in [5.41, 5.74) is 6.40. The molecule has 0 aliphatic heterocycles. The van der Waals surface area contributed by atoms with Crippen molar-refractivity contribution in [2.75, 3.05) is 18.9 Å². The van der Waals surface area contributed by atoms with E-state index in [2.05, 4.69) is 21.3 Å². The van der Waals surface area contributed by atoms with Gasteiger partial charge in [-0.2, -0.15) is 0 Å². The molecule has 1 aromatic rings. The summed E-state index contributed by atoms with van der Waals surface area (Å²) in [4.78, 5) is 47.6. The predicted octanol–water partition coefficient (Wildman–Crippen LogP) is 1.26. The first-order valence-corrected chi connectivity index (χ1v) is 10.7. The molecule has 0 aliphatic carbocycles. The highest BCUT2D eigenvalue weighted by Crippen LogP contribution is 2.12. The van der Waals surface area contributed by atoms with Gasteiger partial charge >= 0.3 is 12.0 Å². The van der Waals surface area contributed by atoms with E-state index in [1.165, 1.54) is 0 Å². The summed E-state index contributed by atoms with van der Waals surface area (Å²) >= 11 is 0. The van der Waals surface area contributed by atoms with E-state index in [4.69, 9.17) is 10.5 Å². The highest BCUT2D eigenvalue weighted by molar-refractivity contribution is 5.97. The summed E-state index contributed by atoms with van der Waals surface area (Å²) in [5, 5.41) is 11.0. The number of primary amides is 1. The molecule has 10 nitrogen and oxygen atoms in total. The Morgan fingerprint density at radius 3 is 2.25 bits per heavy atom. The van der Waals surface area contributed by atoms with E-state index in [0.29, 0.717) is 31.5 Å². The number of carbonyl (C=O) groups is 4. The molecule has 0 bridgehead atoms. The average molecular weight is 450 g/mol. The van der Waals surface area contributed by atoms with E-state index in [0.717, 1.165) is 5.56 Å². The second-order valence-electron chi connectivity index (χ2n) is 7.71. The second kappa shape index (κ2) is 14.0. The fraction of sp³-hybridized carbons (Fsp3) is 0.545. The molecule has 0 saturated carbocycles. The number of carbonyl (C=O) groups excluding carboxylic acids is 4. The van der Waals surface area contributed by atoms with Gasteiger partial charge in [0, 0.05) is 18.7 Å². The van der Waals surface area contributed by atoms with Gasteiger partial charge in [0.1, 0.15) is 12.6 Å². The fourth-order valence-corrected chi connectivity index (χ4v) is 2.99. The van der Waals surface area contributed by atoms with Crippen LogP contribution < -0.4 is 27.0 Å². The Labute approximate surface area is 189 Å². The molecule has 1 rings (SSSR count). The Morgan fingerprint density at radius 1 is 1.06 bits per heavy atom. The normalized spacial score (nSPS) is 12.5. The third-order valence-corrected chi connectivity index (χ3v) is 4.77. The molecule has 0 aliphatic rings. The van der Waals surface area contributed by atoms with Crippen LogP contribution >= 0.6 is 0 Å². The largest absolute Gasteiger partial charge is 0.461 e. The molecule has 0 spiro atoms. The van der Waals surface area contributed by atoms with Gasteiger partial charge in [0.2, 0.25) is 11.8 Å². The SMILES string of the molecule is CCC(=O)OCc1ccc(NC(=O)[C@@H](CCCNC(N)=O)NC(=O)[C@H](NC)C(C)C)cc1. The molecule has 10 heteroatoms. The number of nitrogens with two attached hydrogens (primary N) is 1. The van der Waals surface area contributed by atoms with Gasteiger partial charge in [-0.05, 0) is 43.5 Å². The van der Waals surface area contributed by atoms with Gasteiger partial charge in [0.05, 0.1) is 6.04 Å². The molecule has 0 heterocycles. The van der Waals surface area contributed by atoms with Crippen LogP contribution in [0, 0.1) is 5.92 Å². The van der Waals surface area contributed by atoms with E-state index in [1.807, 2.05) is 13.8 Å². The van der Waals surface area contributed by atoms with Gasteiger partial charge in [-0.15, -0.1) is 0 Å². The smallest absolute Gasteiger partial charge is 0.312 e. The number of rotatable bonds is 13. The van der Waals surface area contributed by atoms with Gasteiger partial charge < -0.3 is 31.7 Å². The molecular formula is C22H35N5O5. The van der Waals surface area contributed by atoms with Gasteiger partial charge in [-0.1, -0.05) is 32.9 Å². The number of esters is 1. The number of urea groups is 1. The maximum Gasteiger partial charge on any atom is 0.312 e. The van der Waals surface area contributed by atoms with Crippen molar-refractivity contribution in [1.82, 2.24) is 16.0 Å². The summed E-state index contributed by atoms with van der Waals surface area (Å²) in [6, 6.07) is 5.01. The van der Waals surface area contributed by atoms with Crippen LogP contribution in [0.25, 0.3) is 0 Å². The number of anilines is 1. The van der Waals surface area contributed by atoms with Gasteiger partial charge in [0.25, 0.3) is 0 Å². The molecule has 0 radical (unpaired) electrons. The lowest BCUT2D eigenvalue weighted by Crippen LogP contribution is -2.52. The third-order valence-electron chi connectivity index (χ3n) is 4.77. The Morgan fingerprint density at radius 2 is 1.72 bits per heavy atom. The van der Waals surface area contributed by atoms with Crippen LogP contribution in [0.3, 0.4) is 0 Å². The lowest BCUT2D eigenvalue weighted by Gasteiger charge is -2.24. The summed E-state index contributed by atoms with van der Waals surface area (Å²) in [7, 11) is 1.69. The quantitative estimate of drug-likeness (QED) is 0.226. The van der Waals surface area contributed by atoms with E-state index in [1.54, 1.807) is 38.2 Å². The number of benzene rings is 1. The van der Waals surface area contributed by atoms with Crippen LogP contribution in [-0.4, -0.2) is 49.5 Å². The van der Waals surface area contributed by atoms with Crippen LogP contribution in [0.1, 0.15) is 45.6 Å². The second-order valence-corrected chi connectivity index (χ2v) is 7.71. The summed E-state index contributed by atoms with van der Waals surface area (Å²) in [6.45, 7) is 5.99. The molecule has 178 valence electrons. The number of hydrogen-bond acceptors (Lipinski definition) is 6. The zero-order valence-corrected chi connectivity index (χ0v) is 19.2. The Kier molecular flexibility index (Phi) is 11.8. The molecule has 0 fully saturated rings. The molecular weight excluding hydrogens is 414 g/mol. The van der Waals surface area contributed by atoms with Gasteiger partial charge in [-0.3, -0.25) is 14.4 Å². The zero-order chi connectivity index (χ0) is 24.1. The molecule has 1 aromatic carbocycles. The van der Waals surface area contributed by atoms with Crippen molar-refractivity contribution in [3.63, 3.8) is 0 Å². The highest BCUT2D eigenvalue weighted by Gasteiger charge is 2.26. The molecule has 6 N–H and O–H groups in total. The molecule has 32 heavy (non-hydrogen) atoms. The summed E-state index contributed by atoms with van der Waals surface area (Å²) in [6.07, 6.45) is 1.08. The van der Waals surface area contributed by atoms with E-state index >= 15 is 0 Å². The van der Waals surface area contributed by atoms with Crippen LogP contribution in [0.5, 0.6) is 0 Å². The maximum atomic E-state index is 12.9. The number of nitrogens with one attached hydrogen (secondary N) is 4. The van der Waals surface area contributed by atoms with Crippen molar-refractivity contribution in [2.45, 2.75) is 58.7 Å². The number of ether oxygens (including phenoxy) is 1. The molecule has 0 aromatic heterocycles. The number of likely N-dealkylation sites (N-methyl/N-ethyl adjacent to an activating group) is 1. The first kappa shape index (κ1) is 26.9. The maximum absolute atomic E-state index is 12.9. The van der Waals surface area contributed by atoms with Crippen molar-refractivity contribution in [1.29, 1.82) is 0 Å². The standard InChI is InChI=1S/C22H35N5O5/c1-5-18(28)32-13-15-8-10-16(11-9-15)26-20(29)17(7-6-12-25-22(23)31)27-21(30)19(24-4)14(2)3/h8-11,14,17,19,24H,5-7,12-13H2,1-4H3,(H,26,29)(H,27,30)(H3,23,25,31)/t17-,19-/m1/s1. The lowest BCUT2D eigenvalue weighted by atomic mass is 10.0. The zero-order valence-electron chi connectivity index (χ0n) is 19.2. The number of hydrogen-bond donors (Lipinski definition) is 5. The topological polar surface area (TPSA) is 152 Å². The Balaban J connectivity index is 2.79. The first-order chi connectivity index (χ1) is 15.2. The van der Waals surface area contributed by atoms with Crippen LogP contribution in [0.4, 0.5) is 10.5 Å². The van der Waals surface area contributed by atoms with Crippen molar-refractivity contribution in [3.05, 3.63) is 29.8 Å². The predicted molar refractivity (Wildman–Crippen MR) is 122 cm³/mol. The van der Waals surface area contributed by atoms with E-state index in [-0.39, 0.29) is 30.3 Å². The van der Waals surface area contributed by atoms with Crippen LogP contribution in [-0.2, 0) is 25.7 Å². The van der Waals surface area contributed by atoms with Crippen LogP contribution in [0.15, 0.2) is 24.3 Å². The third kappa shape index (κ3) is 9.78. The van der Waals surface area contributed by atoms with E-state index in [9.17, 15) is 19.2 Å².